The first kappa shape index (κ1) is 21.3. The average Bonchev–Trinajstić information content (AvgIpc) is 3.23. The molecule has 2 heterocycles. The van der Waals surface area contributed by atoms with E-state index in [4.69, 9.17) is 0 Å². The number of rotatable bonds is 7. The van der Waals surface area contributed by atoms with Crippen LogP contribution in [0.1, 0.15) is 32.9 Å². The highest BCUT2D eigenvalue weighted by Crippen LogP contribution is 2.36. The van der Waals surface area contributed by atoms with E-state index < -0.39 is 17.5 Å². The van der Waals surface area contributed by atoms with Gasteiger partial charge in [0.1, 0.15) is 0 Å². The van der Waals surface area contributed by atoms with Crippen LogP contribution in [0.5, 0.6) is 0 Å². The van der Waals surface area contributed by atoms with E-state index in [0.717, 1.165) is 16.3 Å². The number of hydrogen-bond donors (Lipinski definition) is 1. The molecule has 162 valence electrons. The molecule has 3 aromatic rings. The Morgan fingerprint density at radius 1 is 1.00 bits per heavy atom. The molecule has 6 heteroatoms. The zero-order valence-electron chi connectivity index (χ0n) is 18.2. The molecule has 1 saturated heterocycles. The summed E-state index contributed by atoms with van der Waals surface area (Å²) in [5, 5.41) is 2.87. The summed E-state index contributed by atoms with van der Waals surface area (Å²) >= 11 is 0. The molecule has 0 spiro atoms. The fraction of sp³-hybridized carbons (Fsp3) is 0.192. The van der Waals surface area contributed by atoms with E-state index >= 15 is 0 Å². The standard InChI is InChI=1S/C26H25N3O3/c1-4-15-28-18(2)16-22(19(28)3)23(30)17-29-24(31)26(27-25(29)32,20-11-7-5-8-12-20)21-13-9-6-10-14-21/h4-14,16H,1,15,17H2,2-3H3,(H,27,32). The molecule has 1 aliphatic heterocycles. The summed E-state index contributed by atoms with van der Waals surface area (Å²) in [6.07, 6.45) is 1.76. The molecular formula is C26H25N3O3. The Bertz CT molecular complexity index is 1160. The molecule has 0 unspecified atom stereocenters. The van der Waals surface area contributed by atoms with Crippen molar-refractivity contribution in [3.8, 4) is 0 Å². The van der Waals surface area contributed by atoms with Crippen molar-refractivity contribution in [2.75, 3.05) is 6.54 Å². The van der Waals surface area contributed by atoms with Crippen LogP contribution in [0.4, 0.5) is 4.79 Å². The van der Waals surface area contributed by atoms with E-state index in [1.165, 1.54) is 0 Å². The van der Waals surface area contributed by atoms with Crippen molar-refractivity contribution in [1.82, 2.24) is 14.8 Å². The van der Waals surface area contributed by atoms with Crippen LogP contribution in [0.25, 0.3) is 0 Å². The minimum Gasteiger partial charge on any atom is -0.345 e. The number of amides is 3. The monoisotopic (exact) mass is 427 g/mol. The van der Waals surface area contributed by atoms with Crippen molar-refractivity contribution in [2.45, 2.75) is 25.9 Å². The van der Waals surface area contributed by atoms with Crippen molar-refractivity contribution in [1.29, 1.82) is 0 Å². The van der Waals surface area contributed by atoms with Crippen LogP contribution < -0.4 is 5.32 Å². The number of carbonyl (C=O) groups excluding carboxylic acids is 3. The van der Waals surface area contributed by atoms with Gasteiger partial charge in [-0.2, -0.15) is 0 Å². The molecule has 2 aromatic carbocycles. The van der Waals surface area contributed by atoms with Crippen molar-refractivity contribution in [2.24, 2.45) is 0 Å². The fourth-order valence-corrected chi connectivity index (χ4v) is 4.38. The van der Waals surface area contributed by atoms with Gasteiger partial charge in [0.25, 0.3) is 5.91 Å². The van der Waals surface area contributed by atoms with Crippen molar-refractivity contribution >= 4 is 17.7 Å². The highest BCUT2D eigenvalue weighted by atomic mass is 16.2. The van der Waals surface area contributed by atoms with Gasteiger partial charge in [-0.15, -0.1) is 6.58 Å². The van der Waals surface area contributed by atoms with Gasteiger partial charge in [-0.3, -0.25) is 14.5 Å². The predicted molar refractivity (Wildman–Crippen MR) is 122 cm³/mol. The van der Waals surface area contributed by atoms with Crippen molar-refractivity contribution < 1.29 is 14.4 Å². The third kappa shape index (κ3) is 3.34. The highest BCUT2D eigenvalue weighted by molar-refractivity contribution is 6.13. The number of imide groups is 1. The Balaban J connectivity index is 1.71. The molecule has 4 rings (SSSR count). The minimum atomic E-state index is -1.38. The maximum absolute atomic E-state index is 13.7. The Hall–Kier alpha value is -3.93. The molecule has 1 N–H and O–H groups in total. The Labute approximate surface area is 187 Å². The van der Waals surface area contributed by atoms with Crippen LogP contribution >= 0.6 is 0 Å². The SMILES string of the molecule is C=CCn1c(C)cc(C(=O)CN2C(=O)NC(c3ccccc3)(c3ccccc3)C2=O)c1C. The second-order valence-corrected chi connectivity index (χ2v) is 7.91. The molecule has 32 heavy (non-hydrogen) atoms. The number of hydrogen-bond acceptors (Lipinski definition) is 3. The van der Waals surface area contributed by atoms with Gasteiger partial charge >= 0.3 is 6.03 Å². The molecule has 1 fully saturated rings. The number of nitrogens with one attached hydrogen (secondary N) is 1. The van der Waals surface area contributed by atoms with Crippen molar-refractivity contribution in [3.63, 3.8) is 0 Å². The van der Waals surface area contributed by atoms with Gasteiger partial charge in [-0.1, -0.05) is 66.7 Å². The van der Waals surface area contributed by atoms with Gasteiger partial charge in [0, 0.05) is 23.5 Å². The Morgan fingerprint density at radius 2 is 1.56 bits per heavy atom. The van der Waals surface area contributed by atoms with E-state index in [0.29, 0.717) is 23.2 Å². The number of benzene rings is 2. The number of allylic oxidation sites excluding steroid dienone is 1. The number of aromatic nitrogens is 1. The van der Waals surface area contributed by atoms with E-state index in [-0.39, 0.29) is 12.3 Å². The summed E-state index contributed by atoms with van der Waals surface area (Å²) in [5.74, 6) is -0.748. The number of carbonyl (C=O) groups is 3. The quantitative estimate of drug-likeness (QED) is 0.352. The van der Waals surface area contributed by atoms with E-state index in [2.05, 4.69) is 11.9 Å². The van der Waals surface area contributed by atoms with Gasteiger partial charge in [0.2, 0.25) is 0 Å². The third-order valence-electron chi connectivity index (χ3n) is 6.01. The molecule has 1 aliphatic rings. The first-order valence-corrected chi connectivity index (χ1v) is 10.5. The first-order valence-electron chi connectivity index (χ1n) is 10.5. The van der Waals surface area contributed by atoms with E-state index in [9.17, 15) is 14.4 Å². The fourth-order valence-electron chi connectivity index (χ4n) is 4.38. The molecular weight excluding hydrogens is 402 g/mol. The molecule has 1 aromatic heterocycles. The zero-order chi connectivity index (χ0) is 22.9. The van der Waals surface area contributed by atoms with E-state index in [1.807, 2.05) is 54.8 Å². The number of Topliss-reactive ketones (excluding diaryl/α,β-unsaturated/α-hetero) is 1. The maximum Gasteiger partial charge on any atom is 0.325 e. The van der Waals surface area contributed by atoms with Gasteiger partial charge in [0.05, 0.1) is 6.54 Å². The Kier molecular flexibility index (Phi) is 5.53. The summed E-state index contributed by atoms with van der Waals surface area (Å²) in [6, 6.07) is 19.4. The van der Waals surface area contributed by atoms with Crippen LogP contribution in [0.2, 0.25) is 0 Å². The van der Waals surface area contributed by atoms with E-state index in [1.54, 1.807) is 36.4 Å². The average molecular weight is 428 g/mol. The maximum atomic E-state index is 13.7. The molecule has 0 radical (unpaired) electrons. The lowest BCUT2D eigenvalue weighted by Crippen LogP contribution is -2.45. The first-order chi connectivity index (χ1) is 15.4. The van der Waals surface area contributed by atoms with Crippen LogP contribution in [0, 0.1) is 13.8 Å². The van der Waals surface area contributed by atoms with Gasteiger partial charge < -0.3 is 9.88 Å². The van der Waals surface area contributed by atoms with Gasteiger partial charge in [-0.05, 0) is 31.0 Å². The molecule has 0 atom stereocenters. The topological polar surface area (TPSA) is 71.4 Å². The van der Waals surface area contributed by atoms with Gasteiger partial charge in [0.15, 0.2) is 11.3 Å². The lowest BCUT2D eigenvalue weighted by atomic mass is 9.82. The molecule has 3 amide bonds. The molecule has 0 aliphatic carbocycles. The molecule has 6 nitrogen and oxygen atoms in total. The molecule has 0 bridgehead atoms. The third-order valence-corrected chi connectivity index (χ3v) is 6.01. The summed E-state index contributed by atoms with van der Waals surface area (Å²) < 4.78 is 1.98. The summed E-state index contributed by atoms with van der Waals surface area (Å²) in [5.41, 5.74) is 2.12. The van der Waals surface area contributed by atoms with Crippen molar-refractivity contribution in [3.05, 3.63) is 107 Å². The largest absolute Gasteiger partial charge is 0.345 e. The Morgan fingerprint density at radius 3 is 2.09 bits per heavy atom. The summed E-state index contributed by atoms with van der Waals surface area (Å²) in [4.78, 5) is 40.9. The lowest BCUT2D eigenvalue weighted by molar-refractivity contribution is -0.129. The van der Waals surface area contributed by atoms with Crippen LogP contribution in [0.3, 0.4) is 0 Å². The highest BCUT2D eigenvalue weighted by Gasteiger charge is 2.54. The molecule has 0 saturated carbocycles. The number of aryl methyl sites for hydroxylation is 1. The summed E-state index contributed by atoms with van der Waals surface area (Å²) in [7, 11) is 0. The second-order valence-electron chi connectivity index (χ2n) is 7.91. The zero-order valence-corrected chi connectivity index (χ0v) is 18.2. The smallest absolute Gasteiger partial charge is 0.325 e. The van der Waals surface area contributed by atoms with Crippen LogP contribution in [0.15, 0.2) is 79.4 Å². The lowest BCUT2D eigenvalue weighted by Gasteiger charge is -2.28. The van der Waals surface area contributed by atoms with Crippen LogP contribution in [-0.4, -0.2) is 33.7 Å². The second kappa shape index (κ2) is 8.30. The number of nitrogens with zero attached hydrogens (tertiary/aromatic N) is 2. The minimum absolute atomic E-state index is 0.283. The number of ketones is 1. The van der Waals surface area contributed by atoms with Crippen LogP contribution in [-0.2, 0) is 16.9 Å². The normalized spacial score (nSPS) is 15.0. The number of urea groups is 1. The van der Waals surface area contributed by atoms with Gasteiger partial charge in [-0.25, -0.2) is 4.79 Å². The summed E-state index contributed by atoms with van der Waals surface area (Å²) in [6.45, 7) is 7.78. The predicted octanol–water partition coefficient (Wildman–Crippen LogP) is 3.97.